The van der Waals surface area contributed by atoms with E-state index in [0.717, 1.165) is 18.4 Å². The molecule has 0 aliphatic carbocycles. The lowest BCUT2D eigenvalue weighted by Crippen LogP contribution is -2.17. The van der Waals surface area contributed by atoms with Gasteiger partial charge in [0, 0.05) is 0 Å². The van der Waals surface area contributed by atoms with Gasteiger partial charge in [-0.25, -0.2) is 0 Å². The number of epoxide rings is 1. The minimum absolute atomic E-state index is 0.608. The highest BCUT2D eigenvalue weighted by molar-refractivity contribution is 4.89. The third-order valence-corrected chi connectivity index (χ3v) is 4.56. The molecule has 1 aliphatic rings. The van der Waals surface area contributed by atoms with Crippen molar-refractivity contribution in [3.8, 4) is 0 Å². The fourth-order valence-electron chi connectivity index (χ4n) is 2.76. The molecule has 0 bridgehead atoms. The van der Waals surface area contributed by atoms with Crippen LogP contribution in [0.5, 0.6) is 0 Å². The fourth-order valence-corrected chi connectivity index (χ4v) is 2.76. The Bertz CT molecular complexity index is 196. The van der Waals surface area contributed by atoms with E-state index < -0.39 is 0 Å². The van der Waals surface area contributed by atoms with Gasteiger partial charge < -0.3 is 10.7 Å². The highest BCUT2D eigenvalue weighted by Gasteiger charge is 2.24. The van der Waals surface area contributed by atoms with Crippen LogP contribution in [0.2, 0.25) is 0 Å². The maximum Gasteiger partial charge on any atom is 0.0810 e. The van der Waals surface area contributed by atoms with Gasteiger partial charge in [0.05, 0.1) is 12.7 Å². The van der Waals surface area contributed by atoms with Gasteiger partial charge in [0.25, 0.3) is 0 Å². The summed E-state index contributed by atoms with van der Waals surface area (Å²) in [4.78, 5) is 0. The van der Waals surface area contributed by atoms with Crippen molar-refractivity contribution in [2.75, 3.05) is 6.61 Å². The molecular weight excluding hydrogens is 220 g/mol. The van der Waals surface area contributed by atoms with Crippen molar-refractivity contribution < 1.29 is 4.74 Å². The van der Waals surface area contributed by atoms with Crippen LogP contribution in [0, 0.1) is 17.8 Å². The Morgan fingerprint density at radius 3 is 2.33 bits per heavy atom. The zero-order chi connectivity index (χ0) is 13.4. The van der Waals surface area contributed by atoms with Crippen LogP contribution in [0.4, 0.5) is 0 Å². The van der Waals surface area contributed by atoms with E-state index in [1.54, 1.807) is 5.92 Å². The molecule has 18 heavy (non-hydrogen) atoms. The van der Waals surface area contributed by atoms with Crippen LogP contribution in [0.25, 0.3) is 0 Å². The second-order valence-corrected chi connectivity index (χ2v) is 6.36. The van der Waals surface area contributed by atoms with Crippen LogP contribution in [-0.4, -0.2) is 12.7 Å². The second kappa shape index (κ2) is 8.96. The van der Waals surface area contributed by atoms with Crippen molar-refractivity contribution >= 4 is 0 Å². The number of rotatable bonds is 11. The Hall–Kier alpha value is -0.0400. The molecule has 0 radical (unpaired) electrons. The second-order valence-electron chi connectivity index (χ2n) is 6.36. The quantitative estimate of drug-likeness (QED) is 0.273. The average Bonchev–Trinajstić information content (AvgIpc) is 3.15. The Morgan fingerprint density at radius 2 is 1.78 bits per heavy atom. The SMILES string of the molecule is CCCCCCCC(CCC1CO1)C(C)[C-](C)C. The third-order valence-electron chi connectivity index (χ3n) is 4.56. The van der Waals surface area contributed by atoms with Gasteiger partial charge in [0.2, 0.25) is 0 Å². The van der Waals surface area contributed by atoms with Crippen molar-refractivity contribution in [2.45, 2.75) is 85.2 Å². The molecular formula is C17H33O-. The van der Waals surface area contributed by atoms with E-state index in [2.05, 4.69) is 27.7 Å². The summed E-state index contributed by atoms with van der Waals surface area (Å²) in [6.45, 7) is 10.3. The topological polar surface area (TPSA) is 12.5 Å². The average molecular weight is 253 g/mol. The van der Waals surface area contributed by atoms with Gasteiger partial charge in [-0.3, -0.25) is 0 Å². The molecule has 0 N–H and O–H groups in total. The van der Waals surface area contributed by atoms with Gasteiger partial charge in [-0.15, -0.1) is 0 Å². The van der Waals surface area contributed by atoms with E-state index in [9.17, 15) is 0 Å². The van der Waals surface area contributed by atoms with Crippen molar-refractivity contribution in [1.82, 2.24) is 0 Å². The molecule has 0 amide bonds. The van der Waals surface area contributed by atoms with Crippen LogP contribution in [0.1, 0.15) is 79.1 Å². The molecule has 108 valence electrons. The van der Waals surface area contributed by atoms with Gasteiger partial charge in [0.1, 0.15) is 0 Å². The zero-order valence-electron chi connectivity index (χ0n) is 13.0. The summed E-state index contributed by atoms with van der Waals surface area (Å²) in [6.07, 6.45) is 11.7. The van der Waals surface area contributed by atoms with E-state index in [1.807, 2.05) is 0 Å². The van der Waals surface area contributed by atoms with E-state index in [0.29, 0.717) is 6.10 Å². The predicted molar refractivity (Wildman–Crippen MR) is 79.6 cm³/mol. The largest absolute Gasteiger partial charge is 0.373 e. The Morgan fingerprint density at radius 1 is 1.11 bits per heavy atom. The van der Waals surface area contributed by atoms with Crippen LogP contribution in [0.15, 0.2) is 0 Å². The number of unbranched alkanes of at least 4 members (excludes halogenated alkanes) is 4. The summed E-state index contributed by atoms with van der Waals surface area (Å²) < 4.78 is 5.35. The minimum Gasteiger partial charge on any atom is -0.373 e. The first-order valence-electron chi connectivity index (χ1n) is 8.06. The van der Waals surface area contributed by atoms with E-state index in [-0.39, 0.29) is 0 Å². The molecule has 0 spiro atoms. The summed E-state index contributed by atoms with van der Waals surface area (Å²) in [5.41, 5.74) is 0. The monoisotopic (exact) mass is 253 g/mol. The first-order chi connectivity index (χ1) is 8.65. The number of ether oxygens (including phenoxy) is 1. The van der Waals surface area contributed by atoms with Crippen molar-refractivity contribution in [1.29, 1.82) is 0 Å². The first kappa shape index (κ1) is 16.0. The lowest BCUT2D eigenvalue weighted by molar-refractivity contribution is 0.290. The van der Waals surface area contributed by atoms with Crippen LogP contribution in [0.3, 0.4) is 0 Å². The molecule has 1 heterocycles. The summed E-state index contributed by atoms with van der Waals surface area (Å²) >= 11 is 0. The highest BCUT2D eigenvalue weighted by atomic mass is 16.6. The van der Waals surface area contributed by atoms with E-state index in [4.69, 9.17) is 4.74 Å². The van der Waals surface area contributed by atoms with Gasteiger partial charge in [-0.2, -0.15) is 19.8 Å². The molecule has 1 fully saturated rings. The molecule has 1 heteroatoms. The molecule has 0 aromatic carbocycles. The van der Waals surface area contributed by atoms with Gasteiger partial charge in [0.15, 0.2) is 0 Å². The molecule has 1 rings (SSSR count). The normalized spacial score (nSPS) is 22.2. The highest BCUT2D eigenvalue weighted by Crippen LogP contribution is 2.32. The van der Waals surface area contributed by atoms with E-state index in [1.165, 1.54) is 51.4 Å². The van der Waals surface area contributed by atoms with Crippen molar-refractivity contribution in [3.05, 3.63) is 5.92 Å². The summed E-state index contributed by atoms with van der Waals surface area (Å²) in [7, 11) is 0. The molecule has 3 unspecified atom stereocenters. The number of hydrogen-bond acceptors (Lipinski definition) is 1. The summed E-state index contributed by atoms with van der Waals surface area (Å²) in [5, 5.41) is 0. The van der Waals surface area contributed by atoms with Crippen molar-refractivity contribution in [3.63, 3.8) is 0 Å². The molecule has 0 saturated carbocycles. The van der Waals surface area contributed by atoms with Gasteiger partial charge >= 0.3 is 0 Å². The molecule has 0 aromatic rings. The molecule has 1 aliphatic heterocycles. The minimum atomic E-state index is 0.608. The van der Waals surface area contributed by atoms with Gasteiger partial charge in [-0.05, 0) is 6.42 Å². The summed E-state index contributed by atoms with van der Waals surface area (Å²) in [6, 6.07) is 0. The zero-order valence-corrected chi connectivity index (χ0v) is 13.0. The van der Waals surface area contributed by atoms with E-state index >= 15 is 0 Å². The maximum absolute atomic E-state index is 5.35. The smallest absolute Gasteiger partial charge is 0.0810 e. The molecule has 1 nitrogen and oxygen atoms in total. The first-order valence-corrected chi connectivity index (χ1v) is 8.06. The molecule has 1 saturated heterocycles. The lowest BCUT2D eigenvalue weighted by Gasteiger charge is -2.36. The van der Waals surface area contributed by atoms with Crippen molar-refractivity contribution in [2.24, 2.45) is 11.8 Å². The molecule has 0 aromatic heterocycles. The summed E-state index contributed by atoms with van der Waals surface area (Å²) in [5.74, 6) is 3.28. The Balaban J connectivity index is 2.19. The molecule has 3 atom stereocenters. The van der Waals surface area contributed by atoms with Crippen LogP contribution in [-0.2, 0) is 4.74 Å². The standard InChI is InChI=1S/C17H33O/c1-5-6-7-8-9-10-16(15(4)14(2)3)11-12-17-13-18-17/h15-17H,5-13H2,1-4H3/q-1. The third kappa shape index (κ3) is 6.78. The predicted octanol–water partition coefficient (Wildman–Crippen LogP) is 5.39. The Labute approximate surface area is 115 Å². The maximum atomic E-state index is 5.35. The van der Waals surface area contributed by atoms with Crippen LogP contribution >= 0.6 is 0 Å². The van der Waals surface area contributed by atoms with Gasteiger partial charge in [-0.1, -0.05) is 64.7 Å². The van der Waals surface area contributed by atoms with Crippen LogP contribution < -0.4 is 0 Å². The Kier molecular flexibility index (Phi) is 7.97. The number of hydrogen-bond donors (Lipinski definition) is 0. The lowest BCUT2D eigenvalue weighted by atomic mass is 9.79. The fraction of sp³-hybridized carbons (Fsp3) is 0.941.